The maximum atomic E-state index is 5.22. The maximum Gasteiger partial charge on any atom is 0.0181 e. The van der Waals surface area contributed by atoms with Gasteiger partial charge in [0, 0.05) is 32.7 Å². The Labute approximate surface area is 61.9 Å². The highest BCUT2D eigenvalue weighted by molar-refractivity contribution is 4.81. The van der Waals surface area contributed by atoms with Crippen molar-refractivity contribution in [2.45, 2.75) is 0 Å². The van der Waals surface area contributed by atoms with E-state index in [0.717, 1.165) is 32.7 Å². The van der Waals surface area contributed by atoms with Crippen molar-refractivity contribution in [3.05, 3.63) is 12.3 Å². The molecule has 0 radical (unpaired) electrons. The molecule has 0 aromatic rings. The van der Waals surface area contributed by atoms with Crippen LogP contribution in [0.1, 0.15) is 0 Å². The predicted octanol–water partition coefficient (Wildman–Crippen LogP) is -0.636. The Morgan fingerprint density at radius 3 is 2.70 bits per heavy atom. The number of hydrogen-bond acceptors (Lipinski definition) is 3. The van der Waals surface area contributed by atoms with Gasteiger partial charge < -0.3 is 11.1 Å². The molecule has 3 nitrogen and oxygen atoms in total. The molecule has 10 heavy (non-hydrogen) atoms. The van der Waals surface area contributed by atoms with Crippen LogP contribution in [0.4, 0.5) is 0 Å². The Hall–Kier alpha value is -0.540. The third kappa shape index (κ3) is 2.37. The SMILES string of the molecule is NC=CCN1CCNCC1. The van der Waals surface area contributed by atoms with Crippen LogP contribution in [-0.4, -0.2) is 37.6 Å². The van der Waals surface area contributed by atoms with Crippen LogP contribution in [0.5, 0.6) is 0 Å². The van der Waals surface area contributed by atoms with Crippen molar-refractivity contribution in [1.82, 2.24) is 10.2 Å². The lowest BCUT2D eigenvalue weighted by molar-refractivity contribution is 0.264. The Kier molecular flexibility index (Phi) is 3.26. The molecule has 0 aliphatic carbocycles. The highest BCUT2D eigenvalue weighted by Crippen LogP contribution is 1.90. The minimum Gasteiger partial charge on any atom is -0.405 e. The van der Waals surface area contributed by atoms with Crippen molar-refractivity contribution in [2.75, 3.05) is 32.7 Å². The second-order valence-electron chi connectivity index (χ2n) is 2.48. The van der Waals surface area contributed by atoms with Crippen LogP contribution in [-0.2, 0) is 0 Å². The Bertz CT molecular complexity index is 105. The second-order valence-corrected chi connectivity index (χ2v) is 2.48. The van der Waals surface area contributed by atoms with Crippen LogP contribution in [0, 0.1) is 0 Å². The summed E-state index contributed by atoms with van der Waals surface area (Å²) in [5.41, 5.74) is 5.22. The molecule has 1 heterocycles. The number of hydrogen-bond donors (Lipinski definition) is 2. The fraction of sp³-hybridized carbons (Fsp3) is 0.714. The summed E-state index contributed by atoms with van der Waals surface area (Å²) in [4.78, 5) is 2.37. The van der Waals surface area contributed by atoms with Gasteiger partial charge in [-0.25, -0.2) is 0 Å². The first-order valence-electron chi connectivity index (χ1n) is 3.73. The molecule has 1 saturated heterocycles. The van der Waals surface area contributed by atoms with E-state index >= 15 is 0 Å². The zero-order valence-corrected chi connectivity index (χ0v) is 6.21. The second kappa shape index (κ2) is 4.30. The average molecular weight is 141 g/mol. The molecule has 0 aromatic heterocycles. The van der Waals surface area contributed by atoms with E-state index in [9.17, 15) is 0 Å². The smallest absolute Gasteiger partial charge is 0.0181 e. The highest BCUT2D eigenvalue weighted by Gasteiger charge is 2.05. The minimum absolute atomic E-state index is 0.998. The molecule has 0 amide bonds. The molecule has 3 N–H and O–H groups in total. The van der Waals surface area contributed by atoms with Crippen LogP contribution in [0.3, 0.4) is 0 Å². The van der Waals surface area contributed by atoms with Gasteiger partial charge in [-0.1, -0.05) is 6.08 Å². The molecule has 0 saturated carbocycles. The molecular weight excluding hydrogens is 126 g/mol. The van der Waals surface area contributed by atoms with Crippen molar-refractivity contribution < 1.29 is 0 Å². The van der Waals surface area contributed by atoms with Gasteiger partial charge in [-0.15, -0.1) is 0 Å². The van der Waals surface area contributed by atoms with Crippen LogP contribution < -0.4 is 11.1 Å². The predicted molar refractivity (Wildman–Crippen MR) is 42.6 cm³/mol. The van der Waals surface area contributed by atoms with Crippen molar-refractivity contribution in [3.8, 4) is 0 Å². The van der Waals surface area contributed by atoms with Gasteiger partial charge in [0.1, 0.15) is 0 Å². The van der Waals surface area contributed by atoms with Crippen molar-refractivity contribution in [1.29, 1.82) is 0 Å². The van der Waals surface area contributed by atoms with E-state index in [-0.39, 0.29) is 0 Å². The summed E-state index contributed by atoms with van der Waals surface area (Å²) in [6.07, 6.45) is 3.60. The maximum absolute atomic E-state index is 5.22. The van der Waals surface area contributed by atoms with Crippen LogP contribution in [0.2, 0.25) is 0 Å². The molecule has 0 bridgehead atoms. The molecule has 1 aliphatic heterocycles. The third-order valence-electron chi connectivity index (χ3n) is 1.71. The molecule has 0 aromatic carbocycles. The number of piperazine rings is 1. The zero-order chi connectivity index (χ0) is 7.23. The first-order valence-corrected chi connectivity index (χ1v) is 3.73. The number of nitrogens with two attached hydrogens (primary N) is 1. The van der Waals surface area contributed by atoms with Crippen molar-refractivity contribution >= 4 is 0 Å². The molecule has 0 spiro atoms. The number of rotatable bonds is 2. The summed E-state index contributed by atoms with van der Waals surface area (Å²) in [6, 6.07) is 0. The molecule has 58 valence electrons. The molecule has 1 rings (SSSR count). The van der Waals surface area contributed by atoms with Gasteiger partial charge >= 0.3 is 0 Å². The minimum atomic E-state index is 0.998. The van der Waals surface area contributed by atoms with Crippen molar-refractivity contribution in [3.63, 3.8) is 0 Å². The Morgan fingerprint density at radius 2 is 2.10 bits per heavy atom. The number of nitrogens with one attached hydrogen (secondary N) is 1. The lowest BCUT2D eigenvalue weighted by Gasteiger charge is -2.25. The fourth-order valence-electron chi connectivity index (χ4n) is 1.10. The summed E-state index contributed by atoms with van der Waals surface area (Å²) in [5, 5.41) is 3.29. The first-order chi connectivity index (χ1) is 4.93. The van der Waals surface area contributed by atoms with Gasteiger partial charge in [0.15, 0.2) is 0 Å². The van der Waals surface area contributed by atoms with Crippen molar-refractivity contribution in [2.24, 2.45) is 5.73 Å². The van der Waals surface area contributed by atoms with Gasteiger partial charge in [-0.2, -0.15) is 0 Å². The van der Waals surface area contributed by atoms with Gasteiger partial charge in [0.25, 0.3) is 0 Å². The van der Waals surface area contributed by atoms with E-state index in [1.165, 1.54) is 0 Å². The monoisotopic (exact) mass is 141 g/mol. The van der Waals surface area contributed by atoms with E-state index in [1.54, 1.807) is 6.20 Å². The Morgan fingerprint density at radius 1 is 1.40 bits per heavy atom. The Balaban J connectivity index is 2.13. The van der Waals surface area contributed by atoms with E-state index in [4.69, 9.17) is 5.73 Å². The molecule has 0 atom stereocenters. The van der Waals surface area contributed by atoms with E-state index in [1.807, 2.05) is 6.08 Å². The topological polar surface area (TPSA) is 41.3 Å². The molecule has 3 heteroatoms. The molecule has 1 aliphatic rings. The van der Waals surface area contributed by atoms with E-state index in [0.29, 0.717) is 0 Å². The van der Waals surface area contributed by atoms with Gasteiger partial charge in [-0.3, -0.25) is 4.90 Å². The van der Waals surface area contributed by atoms with Gasteiger partial charge in [-0.05, 0) is 6.20 Å². The lowest BCUT2D eigenvalue weighted by Crippen LogP contribution is -2.43. The summed E-state index contributed by atoms with van der Waals surface area (Å²) < 4.78 is 0. The summed E-state index contributed by atoms with van der Waals surface area (Å²) in [7, 11) is 0. The normalized spacial score (nSPS) is 22.0. The quantitative estimate of drug-likeness (QED) is 0.537. The largest absolute Gasteiger partial charge is 0.405 e. The lowest BCUT2D eigenvalue weighted by atomic mass is 10.3. The molecule has 1 fully saturated rings. The highest BCUT2D eigenvalue weighted by atomic mass is 15.2. The third-order valence-corrected chi connectivity index (χ3v) is 1.71. The van der Waals surface area contributed by atoms with Gasteiger partial charge in [0.05, 0.1) is 0 Å². The zero-order valence-electron chi connectivity index (χ0n) is 6.21. The summed E-state index contributed by atoms with van der Waals surface area (Å²) >= 11 is 0. The molecule has 0 unspecified atom stereocenters. The van der Waals surface area contributed by atoms with Gasteiger partial charge in [0.2, 0.25) is 0 Å². The standard InChI is InChI=1S/C7H15N3/c8-2-1-5-10-6-3-9-4-7-10/h1-2,9H,3-8H2. The fourth-order valence-corrected chi connectivity index (χ4v) is 1.10. The average Bonchev–Trinajstić information content (AvgIpc) is 2.03. The summed E-state index contributed by atoms with van der Waals surface area (Å²) in [6.45, 7) is 5.50. The summed E-state index contributed by atoms with van der Waals surface area (Å²) in [5.74, 6) is 0. The molecular formula is C7H15N3. The van der Waals surface area contributed by atoms with Crippen LogP contribution in [0.15, 0.2) is 12.3 Å². The van der Waals surface area contributed by atoms with Crippen LogP contribution >= 0.6 is 0 Å². The number of nitrogens with zero attached hydrogens (tertiary/aromatic N) is 1. The first kappa shape index (κ1) is 7.57. The van der Waals surface area contributed by atoms with E-state index < -0.39 is 0 Å². The van der Waals surface area contributed by atoms with Crippen LogP contribution in [0.25, 0.3) is 0 Å². The van der Waals surface area contributed by atoms with E-state index in [2.05, 4.69) is 10.2 Å².